The molecule has 2 aromatic carbocycles. The first-order valence-electron chi connectivity index (χ1n) is 9.36. The number of aryl methyl sites for hydroxylation is 1. The molecule has 3 N–H and O–H groups in total. The first-order valence-corrected chi connectivity index (χ1v) is 9.36. The molecule has 7 nitrogen and oxygen atoms in total. The van der Waals surface area contributed by atoms with E-state index in [4.69, 9.17) is 4.74 Å². The lowest BCUT2D eigenvalue weighted by atomic mass is 10.1. The maximum Gasteiger partial charge on any atom is 0.387 e. The predicted octanol–water partition coefficient (Wildman–Crippen LogP) is 3.30. The molecule has 162 valence electrons. The van der Waals surface area contributed by atoms with Crippen LogP contribution in [0.15, 0.2) is 47.5 Å². The van der Waals surface area contributed by atoms with Crippen molar-refractivity contribution in [1.29, 1.82) is 0 Å². The Morgan fingerprint density at radius 1 is 1.17 bits per heavy atom. The van der Waals surface area contributed by atoms with Crippen molar-refractivity contribution in [3.05, 3.63) is 53.6 Å². The summed E-state index contributed by atoms with van der Waals surface area (Å²) >= 11 is 0. The lowest BCUT2D eigenvalue weighted by Gasteiger charge is -2.15. The highest BCUT2D eigenvalue weighted by Crippen LogP contribution is 2.22. The van der Waals surface area contributed by atoms with E-state index in [-0.39, 0.29) is 18.2 Å². The average molecular weight is 420 g/mol. The van der Waals surface area contributed by atoms with Gasteiger partial charge in [-0.1, -0.05) is 23.8 Å². The van der Waals surface area contributed by atoms with E-state index in [1.807, 2.05) is 6.92 Å². The zero-order chi connectivity index (χ0) is 21.9. The Kier molecular flexibility index (Phi) is 8.86. The summed E-state index contributed by atoms with van der Waals surface area (Å²) in [4.78, 5) is 15.2. The van der Waals surface area contributed by atoms with Crippen molar-refractivity contribution in [2.45, 2.75) is 27.0 Å². The molecule has 0 heterocycles. The molecule has 0 unspecified atom stereocenters. The van der Waals surface area contributed by atoms with Crippen molar-refractivity contribution in [2.75, 3.05) is 25.5 Å². The Morgan fingerprint density at radius 3 is 2.67 bits per heavy atom. The van der Waals surface area contributed by atoms with Gasteiger partial charge in [-0.2, -0.15) is 8.78 Å². The fourth-order valence-electron chi connectivity index (χ4n) is 2.66. The summed E-state index contributed by atoms with van der Waals surface area (Å²) in [6.07, 6.45) is 0. The molecule has 0 fully saturated rings. The minimum absolute atomic E-state index is 0.126. The number of guanidine groups is 1. The van der Waals surface area contributed by atoms with Gasteiger partial charge in [-0.3, -0.25) is 9.79 Å². The molecule has 0 saturated carbocycles. The molecular formula is C21H26F2N4O3. The number of hydrogen-bond acceptors (Lipinski definition) is 4. The van der Waals surface area contributed by atoms with Gasteiger partial charge in [0.05, 0.1) is 6.54 Å². The lowest BCUT2D eigenvalue weighted by Crippen LogP contribution is -2.39. The molecule has 2 rings (SSSR count). The van der Waals surface area contributed by atoms with Crippen molar-refractivity contribution in [2.24, 2.45) is 4.99 Å². The van der Waals surface area contributed by atoms with Gasteiger partial charge >= 0.3 is 6.61 Å². The zero-order valence-electron chi connectivity index (χ0n) is 17.2. The molecule has 0 aliphatic rings. The first kappa shape index (κ1) is 22.9. The molecular weight excluding hydrogens is 394 g/mol. The third-order valence-electron chi connectivity index (χ3n) is 3.92. The number of carbonyl (C=O) groups is 1. The van der Waals surface area contributed by atoms with E-state index in [0.717, 1.165) is 5.56 Å². The van der Waals surface area contributed by atoms with Crippen LogP contribution in [0.4, 0.5) is 14.5 Å². The summed E-state index contributed by atoms with van der Waals surface area (Å²) < 4.78 is 35.4. The molecule has 30 heavy (non-hydrogen) atoms. The van der Waals surface area contributed by atoms with Crippen LogP contribution in [0.1, 0.15) is 18.1 Å². The van der Waals surface area contributed by atoms with Gasteiger partial charge in [0, 0.05) is 37.8 Å². The van der Waals surface area contributed by atoms with E-state index in [9.17, 15) is 13.6 Å². The maximum absolute atomic E-state index is 12.6. The van der Waals surface area contributed by atoms with Crippen LogP contribution in [-0.4, -0.2) is 38.7 Å². The molecule has 0 spiro atoms. The first-order chi connectivity index (χ1) is 14.4. The van der Waals surface area contributed by atoms with Crippen LogP contribution in [0.5, 0.6) is 11.5 Å². The van der Waals surface area contributed by atoms with Gasteiger partial charge < -0.3 is 25.4 Å². The Morgan fingerprint density at radius 2 is 1.97 bits per heavy atom. The van der Waals surface area contributed by atoms with Crippen molar-refractivity contribution >= 4 is 17.6 Å². The van der Waals surface area contributed by atoms with Gasteiger partial charge in [0.15, 0.2) is 5.96 Å². The minimum Gasteiger partial charge on any atom is -0.492 e. The number of anilines is 1. The molecule has 0 aliphatic heterocycles. The zero-order valence-corrected chi connectivity index (χ0v) is 17.2. The molecule has 1 amide bonds. The topological polar surface area (TPSA) is 84.0 Å². The van der Waals surface area contributed by atoms with Crippen LogP contribution in [0.3, 0.4) is 0 Å². The fraction of sp³-hybridized carbons (Fsp3) is 0.333. The number of hydrogen-bond donors (Lipinski definition) is 3. The Bertz CT molecular complexity index is 875. The third-order valence-corrected chi connectivity index (χ3v) is 3.92. The normalized spacial score (nSPS) is 11.2. The molecule has 0 radical (unpaired) electrons. The monoisotopic (exact) mass is 420 g/mol. The number of aliphatic imine (C=N–C) groups is 1. The summed E-state index contributed by atoms with van der Waals surface area (Å²) in [5.74, 6) is 1.09. The molecule has 9 heteroatoms. The standard InChI is InChI=1S/C21H26F2N4O3/c1-14-7-8-19(30-20(22)23)16(11-14)13-26-21(24-3)25-9-10-29-18-6-4-5-17(12-18)27-15(2)28/h4-8,11-12,20H,9-10,13H2,1-3H3,(H,27,28)(H2,24,25,26). The van der Waals surface area contributed by atoms with Gasteiger partial charge in [-0.15, -0.1) is 0 Å². The molecule has 0 bridgehead atoms. The van der Waals surface area contributed by atoms with E-state index < -0.39 is 6.61 Å². The van der Waals surface area contributed by atoms with Crippen molar-refractivity contribution in [3.63, 3.8) is 0 Å². The Hall–Kier alpha value is -3.36. The smallest absolute Gasteiger partial charge is 0.387 e. The van der Waals surface area contributed by atoms with E-state index in [1.165, 1.54) is 13.0 Å². The van der Waals surface area contributed by atoms with Crippen LogP contribution in [0.2, 0.25) is 0 Å². The quantitative estimate of drug-likeness (QED) is 0.329. The number of amides is 1. The van der Waals surface area contributed by atoms with E-state index >= 15 is 0 Å². The van der Waals surface area contributed by atoms with Crippen molar-refractivity contribution < 1.29 is 23.0 Å². The van der Waals surface area contributed by atoms with Gasteiger partial charge in [0.25, 0.3) is 0 Å². The third kappa shape index (κ3) is 7.94. The van der Waals surface area contributed by atoms with E-state index in [2.05, 4.69) is 25.7 Å². The minimum atomic E-state index is -2.88. The van der Waals surface area contributed by atoms with Crippen molar-refractivity contribution in [3.8, 4) is 11.5 Å². The van der Waals surface area contributed by atoms with Crippen LogP contribution in [0, 0.1) is 6.92 Å². The number of alkyl halides is 2. The second-order valence-corrected chi connectivity index (χ2v) is 6.40. The average Bonchev–Trinajstić information content (AvgIpc) is 2.68. The highest BCUT2D eigenvalue weighted by molar-refractivity contribution is 5.88. The summed E-state index contributed by atoms with van der Waals surface area (Å²) in [5.41, 5.74) is 2.20. The number of carbonyl (C=O) groups excluding carboxylic acids is 1. The fourth-order valence-corrected chi connectivity index (χ4v) is 2.66. The summed E-state index contributed by atoms with van der Waals surface area (Å²) in [7, 11) is 1.61. The van der Waals surface area contributed by atoms with E-state index in [0.29, 0.717) is 36.1 Å². The second kappa shape index (κ2) is 11.6. The number of ether oxygens (including phenoxy) is 2. The summed E-state index contributed by atoms with van der Waals surface area (Å²) in [6.45, 7) is 1.51. The highest BCUT2D eigenvalue weighted by Gasteiger charge is 2.10. The SMILES string of the molecule is CN=C(NCCOc1cccc(NC(C)=O)c1)NCc1cc(C)ccc1OC(F)F. The summed E-state index contributed by atoms with van der Waals surface area (Å²) in [6, 6.07) is 12.1. The Labute approximate surface area is 174 Å². The highest BCUT2D eigenvalue weighted by atomic mass is 19.3. The Balaban J connectivity index is 1.82. The number of benzene rings is 2. The number of nitrogens with zero attached hydrogens (tertiary/aromatic N) is 1. The van der Waals surface area contributed by atoms with Crippen LogP contribution < -0.4 is 25.4 Å². The molecule has 0 atom stereocenters. The van der Waals surface area contributed by atoms with Gasteiger partial charge in [-0.05, 0) is 25.1 Å². The van der Waals surface area contributed by atoms with Gasteiger partial charge in [0.2, 0.25) is 5.91 Å². The summed E-state index contributed by atoms with van der Waals surface area (Å²) in [5, 5.41) is 8.85. The maximum atomic E-state index is 12.6. The molecule has 2 aromatic rings. The van der Waals surface area contributed by atoms with Crippen LogP contribution >= 0.6 is 0 Å². The largest absolute Gasteiger partial charge is 0.492 e. The van der Waals surface area contributed by atoms with Crippen molar-refractivity contribution in [1.82, 2.24) is 10.6 Å². The van der Waals surface area contributed by atoms with Crippen LogP contribution in [0.25, 0.3) is 0 Å². The number of rotatable bonds is 9. The van der Waals surface area contributed by atoms with E-state index in [1.54, 1.807) is 43.4 Å². The predicted molar refractivity (Wildman–Crippen MR) is 112 cm³/mol. The van der Waals surface area contributed by atoms with Crippen LogP contribution in [-0.2, 0) is 11.3 Å². The lowest BCUT2D eigenvalue weighted by molar-refractivity contribution is -0.114. The second-order valence-electron chi connectivity index (χ2n) is 6.40. The molecule has 0 saturated heterocycles. The van der Waals surface area contributed by atoms with Gasteiger partial charge in [0.1, 0.15) is 18.1 Å². The molecule has 0 aliphatic carbocycles. The van der Waals surface area contributed by atoms with Gasteiger partial charge in [-0.25, -0.2) is 0 Å². The number of halogens is 2. The number of nitrogens with one attached hydrogen (secondary N) is 3. The molecule has 0 aromatic heterocycles.